The minimum absolute atomic E-state index is 0.0597. The van der Waals surface area contributed by atoms with Gasteiger partial charge in [-0.3, -0.25) is 4.79 Å². The summed E-state index contributed by atoms with van der Waals surface area (Å²) in [6.07, 6.45) is 0.638. The summed E-state index contributed by atoms with van der Waals surface area (Å²) in [5, 5.41) is 9.13. The first-order valence-corrected chi connectivity index (χ1v) is 5.33. The average molecular weight is 222 g/mol. The van der Waals surface area contributed by atoms with Crippen LogP contribution >= 0.6 is 0 Å². The molecular formula is C12H18N2O2. The first kappa shape index (κ1) is 12.5. The smallest absolute Gasteiger partial charge is 0.239 e. The van der Waals surface area contributed by atoms with Crippen molar-refractivity contribution in [2.75, 3.05) is 7.05 Å². The molecule has 0 aliphatic carbocycles. The molecule has 0 aromatic heterocycles. The number of benzene rings is 1. The summed E-state index contributed by atoms with van der Waals surface area (Å²) in [7, 11) is 1.73. The van der Waals surface area contributed by atoms with E-state index in [0.717, 1.165) is 5.56 Å². The highest BCUT2D eigenvalue weighted by atomic mass is 16.3. The van der Waals surface area contributed by atoms with Gasteiger partial charge < -0.3 is 15.7 Å². The number of amides is 1. The highest BCUT2D eigenvalue weighted by Gasteiger charge is 2.15. The second kappa shape index (κ2) is 5.51. The number of phenols is 1. The number of nitrogens with two attached hydrogens (primary N) is 1. The Kier molecular flexibility index (Phi) is 4.31. The standard InChI is InChI=1S/C12H18N2O2/c1-3-11(13)12(16)14(2)8-9-4-6-10(15)7-5-9/h4-7,11,15H,3,8,13H2,1-2H3/t11-/m1/s1. The van der Waals surface area contributed by atoms with Gasteiger partial charge in [0.2, 0.25) is 5.91 Å². The number of phenolic OH excluding ortho intramolecular Hbond substituents is 1. The molecule has 0 spiro atoms. The van der Waals surface area contributed by atoms with Crippen LogP contribution in [0.15, 0.2) is 24.3 Å². The van der Waals surface area contributed by atoms with Crippen LogP contribution < -0.4 is 5.73 Å². The van der Waals surface area contributed by atoms with Crippen molar-refractivity contribution in [3.05, 3.63) is 29.8 Å². The molecule has 1 aromatic carbocycles. The van der Waals surface area contributed by atoms with Gasteiger partial charge in [-0.2, -0.15) is 0 Å². The molecule has 16 heavy (non-hydrogen) atoms. The monoisotopic (exact) mass is 222 g/mol. The van der Waals surface area contributed by atoms with Crippen LogP contribution in [-0.2, 0) is 11.3 Å². The quantitative estimate of drug-likeness (QED) is 0.801. The number of carbonyl (C=O) groups excluding carboxylic acids is 1. The zero-order chi connectivity index (χ0) is 12.1. The van der Waals surface area contributed by atoms with Gasteiger partial charge in [0.05, 0.1) is 6.04 Å². The van der Waals surface area contributed by atoms with E-state index in [-0.39, 0.29) is 11.7 Å². The molecular weight excluding hydrogens is 204 g/mol. The number of likely N-dealkylation sites (N-methyl/N-ethyl adjacent to an activating group) is 1. The average Bonchev–Trinajstić information content (AvgIpc) is 2.30. The van der Waals surface area contributed by atoms with Gasteiger partial charge in [-0.25, -0.2) is 0 Å². The summed E-state index contributed by atoms with van der Waals surface area (Å²) < 4.78 is 0. The van der Waals surface area contributed by atoms with Gasteiger partial charge in [0.25, 0.3) is 0 Å². The molecule has 3 N–H and O–H groups in total. The van der Waals surface area contributed by atoms with Crippen LogP contribution in [0, 0.1) is 0 Å². The van der Waals surface area contributed by atoms with Crippen LogP contribution in [0.25, 0.3) is 0 Å². The maximum Gasteiger partial charge on any atom is 0.239 e. The number of hydrogen-bond acceptors (Lipinski definition) is 3. The lowest BCUT2D eigenvalue weighted by Crippen LogP contribution is -2.40. The molecule has 1 atom stereocenters. The molecule has 1 amide bonds. The molecule has 0 unspecified atom stereocenters. The van der Waals surface area contributed by atoms with Gasteiger partial charge in [0, 0.05) is 13.6 Å². The minimum Gasteiger partial charge on any atom is -0.508 e. The molecule has 4 nitrogen and oxygen atoms in total. The first-order valence-electron chi connectivity index (χ1n) is 5.33. The third kappa shape index (κ3) is 3.24. The molecule has 0 fully saturated rings. The molecule has 0 aliphatic heterocycles. The minimum atomic E-state index is -0.429. The number of hydrogen-bond donors (Lipinski definition) is 2. The Morgan fingerprint density at radius 2 is 2.00 bits per heavy atom. The molecule has 0 radical (unpaired) electrons. The van der Waals surface area contributed by atoms with Gasteiger partial charge in [0.15, 0.2) is 0 Å². The topological polar surface area (TPSA) is 66.6 Å². The van der Waals surface area contributed by atoms with Gasteiger partial charge >= 0.3 is 0 Å². The van der Waals surface area contributed by atoms with E-state index >= 15 is 0 Å². The van der Waals surface area contributed by atoms with Crippen molar-refractivity contribution in [1.82, 2.24) is 4.90 Å². The Morgan fingerprint density at radius 1 is 1.44 bits per heavy atom. The Morgan fingerprint density at radius 3 is 2.50 bits per heavy atom. The van der Waals surface area contributed by atoms with E-state index in [1.807, 2.05) is 6.92 Å². The highest BCUT2D eigenvalue weighted by molar-refractivity contribution is 5.81. The second-order valence-corrected chi connectivity index (χ2v) is 3.88. The predicted molar refractivity (Wildman–Crippen MR) is 62.8 cm³/mol. The normalized spacial score (nSPS) is 12.2. The van der Waals surface area contributed by atoms with Gasteiger partial charge in [-0.1, -0.05) is 19.1 Å². The molecule has 1 rings (SSSR count). The van der Waals surface area contributed by atoms with Crippen molar-refractivity contribution in [2.24, 2.45) is 5.73 Å². The van der Waals surface area contributed by atoms with Crippen LogP contribution in [0.2, 0.25) is 0 Å². The van der Waals surface area contributed by atoms with Crippen molar-refractivity contribution in [1.29, 1.82) is 0 Å². The molecule has 1 aromatic rings. The zero-order valence-corrected chi connectivity index (χ0v) is 9.68. The van der Waals surface area contributed by atoms with Crippen LogP contribution in [0.5, 0.6) is 5.75 Å². The van der Waals surface area contributed by atoms with Crippen molar-refractivity contribution >= 4 is 5.91 Å². The first-order chi connectivity index (χ1) is 7.54. The summed E-state index contributed by atoms with van der Waals surface area (Å²) in [6.45, 7) is 2.39. The summed E-state index contributed by atoms with van der Waals surface area (Å²) >= 11 is 0. The molecule has 0 aliphatic rings. The van der Waals surface area contributed by atoms with E-state index in [2.05, 4.69) is 0 Å². The maximum atomic E-state index is 11.7. The third-order valence-corrected chi connectivity index (χ3v) is 2.49. The largest absolute Gasteiger partial charge is 0.508 e. The fraction of sp³-hybridized carbons (Fsp3) is 0.417. The summed E-state index contributed by atoms with van der Waals surface area (Å²) in [5.74, 6) is 0.165. The Balaban J connectivity index is 2.60. The highest BCUT2D eigenvalue weighted by Crippen LogP contribution is 2.11. The number of rotatable bonds is 4. The van der Waals surface area contributed by atoms with E-state index in [9.17, 15) is 4.79 Å². The van der Waals surface area contributed by atoms with Crippen LogP contribution in [-0.4, -0.2) is 29.0 Å². The van der Waals surface area contributed by atoms with E-state index in [1.165, 1.54) is 0 Å². The van der Waals surface area contributed by atoms with E-state index in [0.29, 0.717) is 13.0 Å². The summed E-state index contributed by atoms with van der Waals surface area (Å²) in [4.78, 5) is 13.3. The van der Waals surface area contributed by atoms with E-state index in [4.69, 9.17) is 10.8 Å². The number of aromatic hydroxyl groups is 1. The summed E-state index contributed by atoms with van der Waals surface area (Å²) in [5.41, 5.74) is 6.63. The van der Waals surface area contributed by atoms with Crippen LogP contribution in [0.4, 0.5) is 0 Å². The van der Waals surface area contributed by atoms with Crippen LogP contribution in [0.3, 0.4) is 0 Å². The lowest BCUT2D eigenvalue weighted by atomic mass is 10.1. The Bertz CT molecular complexity index is 349. The zero-order valence-electron chi connectivity index (χ0n) is 9.68. The van der Waals surface area contributed by atoms with Gasteiger partial charge in [-0.15, -0.1) is 0 Å². The molecule has 0 saturated carbocycles. The van der Waals surface area contributed by atoms with Crippen molar-refractivity contribution < 1.29 is 9.90 Å². The Hall–Kier alpha value is -1.55. The fourth-order valence-electron chi connectivity index (χ4n) is 1.41. The Labute approximate surface area is 95.7 Å². The predicted octanol–water partition coefficient (Wildman–Crippen LogP) is 1.09. The lowest BCUT2D eigenvalue weighted by Gasteiger charge is -2.20. The number of nitrogens with zero attached hydrogens (tertiary/aromatic N) is 1. The third-order valence-electron chi connectivity index (χ3n) is 2.49. The SMILES string of the molecule is CC[C@@H](N)C(=O)N(C)Cc1ccc(O)cc1. The van der Waals surface area contributed by atoms with Crippen molar-refractivity contribution in [2.45, 2.75) is 25.9 Å². The fourth-order valence-corrected chi connectivity index (χ4v) is 1.41. The van der Waals surface area contributed by atoms with Crippen molar-refractivity contribution in [3.63, 3.8) is 0 Å². The summed E-state index contributed by atoms with van der Waals surface area (Å²) in [6, 6.07) is 6.36. The van der Waals surface area contributed by atoms with Crippen molar-refractivity contribution in [3.8, 4) is 5.75 Å². The second-order valence-electron chi connectivity index (χ2n) is 3.88. The van der Waals surface area contributed by atoms with E-state index in [1.54, 1.807) is 36.2 Å². The maximum absolute atomic E-state index is 11.7. The molecule has 0 saturated heterocycles. The molecule has 4 heteroatoms. The molecule has 0 heterocycles. The molecule has 0 bridgehead atoms. The molecule has 88 valence electrons. The van der Waals surface area contributed by atoms with Crippen LogP contribution in [0.1, 0.15) is 18.9 Å². The van der Waals surface area contributed by atoms with Gasteiger partial charge in [-0.05, 0) is 24.1 Å². The van der Waals surface area contributed by atoms with E-state index < -0.39 is 6.04 Å². The lowest BCUT2D eigenvalue weighted by molar-refractivity contribution is -0.131. The number of carbonyl (C=O) groups is 1. The van der Waals surface area contributed by atoms with Gasteiger partial charge in [0.1, 0.15) is 5.75 Å².